The number of imidazole rings is 1. The molecular weight excluding hydrogens is 226 g/mol. The summed E-state index contributed by atoms with van der Waals surface area (Å²) in [6.07, 6.45) is 3.71. The molecule has 0 saturated carbocycles. The van der Waals surface area contributed by atoms with Crippen molar-refractivity contribution in [1.29, 1.82) is 0 Å². The highest BCUT2D eigenvalue weighted by Crippen LogP contribution is 2.12. The third-order valence-electron chi connectivity index (χ3n) is 2.84. The van der Waals surface area contributed by atoms with Crippen LogP contribution in [-0.2, 0) is 24.9 Å². The average Bonchev–Trinajstić information content (AvgIpc) is 2.80. The molecule has 0 spiro atoms. The Hall–Kier alpha value is -1.81. The second-order valence-electron chi connectivity index (χ2n) is 4.12. The SMILES string of the molecule is CCOCc1ccccc1CNc1nccn1C. The van der Waals surface area contributed by atoms with Crippen LogP contribution in [0.3, 0.4) is 0 Å². The van der Waals surface area contributed by atoms with Crippen molar-refractivity contribution in [2.45, 2.75) is 20.1 Å². The molecule has 4 nitrogen and oxygen atoms in total. The van der Waals surface area contributed by atoms with Gasteiger partial charge < -0.3 is 14.6 Å². The molecule has 1 heterocycles. The van der Waals surface area contributed by atoms with Gasteiger partial charge in [-0.25, -0.2) is 4.98 Å². The van der Waals surface area contributed by atoms with Crippen LogP contribution in [0.4, 0.5) is 5.95 Å². The minimum Gasteiger partial charge on any atom is -0.377 e. The van der Waals surface area contributed by atoms with Gasteiger partial charge in [-0.05, 0) is 18.1 Å². The Labute approximate surface area is 108 Å². The van der Waals surface area contributed by atoms with E-state index in [2.05, 4.69) is 22.4 Å². The highest BCUT2D eigenvalue weighted by Gasteiger charge is 2.03. The lowest BCUT2D eigenvalue weighted by molar-refractivity contribution is 0.133. The first-order valence-corrected chi connectivity index (χ1v) is 6.17. The molecular formula is C14H19N3O. The van der Waals surface area contributed by atoms with Crippen LogP contribution in [0.1, 0.15) is 18.1 Å². The monoisotopic (exact) mass is 245 g/mol. The molecule has 18 heavy (non-hydrogen) atoms. The Morgan fingerprint density at radius 1 is 1.28 bits per heavy atom. The first-order valence-electron chi connectivity index (χ1n) is 6.17. The zero-order valence-electron chi connectivity index (χ0n) is 10.9. The van der Waals surface area contributed by atoms with Crippen molar-refractivity contribution in [3.63, 3.8) is 0 Å². The quantitative estimate of drug-likeness (QED) is 0.850. The molecule has 0 bridgehead atoms. The van der Waals surface area contributed by atoms with Gasteiger partial charge in [0.2, 0.25) is 5.95 Å². The Balaban J connectivity index is 2.02. The maximum Gasteiger partial charge on any atom is 0.202 e. The molecule has 0 aliphatic carbocycles. The molecule has 0 saturated heterocycles. The number of benzene rings is 1. The molecule has 2 aromatic rings. The van der Waals surface area contributed by atoms with Crippen LogP contribution in [0.15, 0.2) is 36.7 Å². The summed E-state index contributed by atoms with van der Waals surface area (Å²) < 4.78 is 7.44. The first kappa shape index (κ1) is 12.6. The molecule has 1 aromatic carbocycles. The number of hydrogen-bond donors (Lipinski definition) is 1. The lowest BCUT2D eigenvalue weighted by atomic mass is 10.1. The van der Waals surface area contributed by atoms with Crippen LogP contribution < -0.4 is 5.32 Å². The van der Waals surface area contributed by atoms with Crippen LogP contribution in [0.2, 0.25) is 0 Å². The molecule has 0 fully saturated rings. The second kappa shape index (κ2) is 6.21. The number of aryl methyl sites for hydroxylation is 1. The fraction of sp³-hybridized carbons (Fsp3) is 0.357. The van der Waals surface area contributed by atoms with E-state index in [4.69, 9.17) is 4.74 Å². The molecule has 0 aliphatic heterocycles. The van der Waals surface area contributed by atoms with Crippen molar-refractivity contribution in [3.05, 3.63) is 47.8 Å². The van der Waals surface area contributed by atoms with E-state index >= 15 is 0 Å². The molecule has 1 aromatic heterocycles. The van der Waals surface area contributed by atoms with Gasteiger partial charge in [-0.2, -0.15) is 0 Å². The number of anilines is 1. The van der Waals surface area contributed by atoms with Gasteiger partial charge in [0.05, 0.1) is 6.61 Å². The Kier molecular flexibility index (Phi) is 4.36. The lowest BCUT2D eigenvalue weighted by Crippen LogP contribution is -2.07. The standard InChI is InChI=1S/C14H19N3O/c1-3-18-11-13-7-5-4-6-12(13)10-16-14-15-8-9-17(14)2/h4-9H,3,10-11H2,1-2H3,(H,15,16). The minimum absolute atomic E-state index is 0.662. The number of rotatable bonds is 6. The topological polar surface area (TPSA) is 39.1 Å². The summed E-state index contributed by atoms with van der Waals surface area (Å²) in [5, 5.41) is 3.32. The van der Waals surface area contributed by atoms with Crippen molar-refractivity contribution in [2.24, 2.45) is 7.05 Å². The van der Waals surface area contributed by atoms with Gasteiger partial charge in [0.15, 0.2) is 0 Å². The smallest absolute Gasteiger partial charge is 0.202 e. The van der Waals surface area contributed by atoms with Crippen molar-refractivity contribution in [2.75, 3.05) is 11.9 Å². The van der Waals surface area contributed by atoms with Crippen LogP contribution in [0.5, 0.6) is 0 Å². The van der Waals surface area contributed by atoms with E-state index in [1.807, 2.05) is 36.9 Å². The summed E-state index contributed by atoms with van der Waals surface area (Å²) in [5.74, 6) is 0.876. The largest absolute Gasteiger partial charge is 0.377 e. The molecule has 0 unspecified atom stereocenters. The van der Waals surface area contributed by atoms with E-state index in [0.29, 0.717) is 6.61 Å². The van der Waals surface area contributed by atoms with Crippen molar-refractivity contribution in [1.82, 2.24) is 9.55 Å². The summed E-state index contributed by atoms with van der Waals surface area (Å²) in [7, 11) is 1.97. The third-order valence-corrected chi connectivity index (χ3v) is 2.84. The molecule has 0 radical (unpaired) electrons. The number of nitrogens with one attached hydrogen (secondary N) is 1. The number of aromatic nitrogens is 2. The normalized spacial score (nSPS) is 10.6. The zero-order valence-corrected chi connectivity index (χ0v) is 10.9. The molecule has 2 rings (SSSR count). The summed E-state index contributed by atoms with van der Waals surface area (Å²) in [6, 6.07) is 8.30. The van der Waals surface area contributed by atoms with Crippen molar-refractivity contribution >= 4 is 5.95 Å². The maximum atomic E-state index is 5.47. The van der Waals surface area contributed by atoms with Gasteiger partial charge in [-0.15, -0.1) is 0 Å². The second-order valence-corrected chi connectivity index (χ2v) is 4.12. The van der Waals surface area contributed by atoms with E-state index in [1.165, 1.54) is 11.1 Å². The van der Waals surface area contributed by atoms with E-state index in [9.17, 15) is 0 Å². The molecule has 0 aliphatic rings. The molecule has 1 N–H and O–H groups in total. The van der Waals surface area contributed by atoms with Crippen LogP contribution >= 0.6 is 0 Å². The summed E-state index contributed by atoms with van der Waals surface area (Å²) >= 11 is 0. The van der Waals surface area contributed by atoms with E-state index in [-0.39, 0.29) is 0 Å². The van der Waals surface area contributed by atoms with Gasteiger partial charge in [-0.1, -0.05) is 24.3 Å². The zero-order chi connectivity index (χ0) is 12.8. The van der Waals surface area contributed by atoms with Gasteiger partial charge in [0, 0.05) is 32.6 Å². The fourth-order valence-electron chi connectivity index (χ4n) is 1.79. The Morgan fingerprint density at radius 2 is 2.06 bits per heavy atom. The molecule has 0 atom stereocenters. The minimum atomic E-state index is 0.662. The third kappa shape index (κ3) is 3.11. The highest BCUT2D eigenvalue weighted by atomic mass is 16.5. The summed E-state index contributed by atoms with van der Waals surface area (Å²) in [4.78, 5) is 4.24. The summed E-state index contributed by atoms with van der Waals surface area (Å²) in [6.45, 7) is 4.17. The Bertz CT molecular complexity index is 493. The van der Waals surface area contributed by atoms with Crippen molar-refractivity contribution < 1.29 is 4.74 Å². The van der Waals surface area contributed by atoms with Crippen molar-refractivity contribution in [3.8, 4) is 0 Å². The van der Waals surface area contributed by atoms with Crippen LogP contribution in [0.25, 0.3) is 0 Å². The summed E-state index contributed by atoms with van der Waals surface area (Å²) in [5.41, 5.74) is 2.47. The van der Waals surface area contributed by atoms with E-state index < -0.39 is 0 Å². The molecule has 96 valence electrons. The van der Waals surface area contributed by atoms with E-state index in [1.54, 1.807) is 6.20 Å². The van der Waals surface area contributed by atoms with Gasteiger partial charge >= 0.3 is 0 Å². The number of hydrogen-bond acceptors (Lipinski definition) is 3. The van der Waals surface area contributed by atoms with Crippen LogP contribution in [0, 0.1) is 0 Å². The van der Waals surface area contributed by atoms with E-state index in [0.717, 1.165) is 19.1 Å². The average molecular weight is 245 g/mol. The highest BCUT2D eigenvalue weighted by molar-refractivity contribution is 5.32. The van der Waals surface area contributed by atoms with Crippen LogP contribution in [-0.4, -0.2) is 16.2 Å². The molecule has 0 amide bonds. The van der Waals surface area contributed by atoms with Gasteiger partial charge in [0.1, 0.15) is 0 Å². The van der Waals surface area contributed by atoms with Gasteiger partial charge in [-0.3, -0.25) is 0 Å². The maximum absolute atomic E-state index is 5.47. The number of ether oxygens (including phenoxy) is 1. The Morgan fingerprint density at radius 3 is 2.72 bits per heavy atom. The lowest BCUT2D eigenvalue weighted by Gasteiger charge is -2.11. The first-order chi connectivity index (χ1) is 8.81. The molecule has 4 heteroatoms. The fourth-order valence-corrected chi connectivity index (χ4v) is 1.79. The van der Waals surface area contributed by atoms with Gasteiger partial charge in [0.25, 0.3) is 0 Å². The number of nitrogens with zero attached hydrogens (tertiary/aromatic N) is 2. The predicted octanol–water partition coefficient (Wildman–Crippen LogP) is 2.57. The predicted molar refractivity (Wildman–Crippen MR) is 72.3 cm³/mol.